The highest BCUT2D eigenvalue weighted by molar-refractivity contribution is 6.07. The van der Waals surface area contributed by atoms with Crippen LogP contribution in [0, 0.1) is 57.0 Å². The maximum absolute atomic E-state index is 14.7. The maximum atomic E-state index is 14.7. The lowest BCUT2D eigenvalue weighted by Crippen LogP contribution is -1.93. The average molecular weight is 466 g/mol. The first kappa shape index (κ1) is 22.2. The Morgan fingerprint density at radius 3 is 1.28 bits per heavy atom. The molecule has 4 aromatic carbocycles. The standard InChI is InChI=1S/C30H12F2N4/c31-28-7-3-1-5-20(28)22-11-26-24(9-17(22)13-33)25-10-18(14-34)23(21-6-2-4-8-29(21)32)12-27(25)30(26)19(15-35)16-36/h1-12H. The van der Waals surface area contributed by atoms with E-state index in [2.05, 4.69) is 12.1 Å². The Balaban J connectivity index is 1.89. The number of hydrogen-bond donors (Lipinski definition) is 0. The molecule has 1 aliphatic carbocycles. The van der Waals surface area contributed by atoms with E-state index in [9.17, 15) is 29.8 Å². The number of allylic oxidation sites excluding steroid dienone is 1. The maximum Gasteiger partial charge on any atom is 0.138 e. The van der Waals surface area contributed by atoms with Crippen LogP contribution in [0.1, 0.15) is 22.3 Å². The van der Waals surface area contributed by atoms with Gasteiger partial charge >= 0.3 is 0 Å². The SMILES string of the molecule is N#CC(C#N)=C1c2cc(-c3ccccc3F)c(C#N)cc2-c2cc(C#N)c(-c3ccccc3F)cc21. The molecule has 4 nitrogen and oxygen atoms in total. The summed E-state index contributed by atoms with van der Waals surface area (Å²) in [5, 5.41) is 39.2. The number of halogens is 2. The van der Waals surface area contributed by atoms with E-state index in [1.165, 1.54) is 24.3 Å². The van der Waals surface area contributed by atoms with Crippen LogP contribution in [0.3, 0.4) is 0 Å². The molecule has 0 bridgehead atoms. The molecular weight excluding hydrogens is 454 g/mol. The van der Waals surface area contributed by atoms with Crippen molar-refractivity contribution in [2.75, 3.05) is 0 Å². The van der Waals surface area contributed by atoms with Gasteiger partial charge in [-0.2, -0.15) is 21.0 Å². The average Bonchev–Trinajstić information content (AvgIpc) is 3.21. The summed E-state index contributed by atoms with van der Waals surface area (Å²) in [4.78, 5) is 0. The monoisotopic (exact) mass is 466 g/mol. The molecule has 0 radical (unpaired) electrons. The Morgan fingerprint density at radius 2 is 0.917 bits per heavy atom. The van der Waals surface area contributed by atoms with Gasteiger partial charge in [0.2, 0.25) is 0 Å². The Bertz CT molecular complexity index is 1670. The van der Waals surface area contributed by atoms with E-state index in [0.29, 0.717) is 33.4 Å². The topological polar surface area (TPSA) is 95.2 Å². The molecule has 5 rings (SSSR count). The number of fused-ring (bicyclic) bond motifs is 3. The van der Waals surface area contributed by atoms with Crippen molar-refractivity contribution in [3.05, 3.63) is 112 Å². The molecule has 0 fully saturated rings. The summed E-state index contributed by atoms with van der Waals surface area (Å²) in [6, 6.07) is 26.4. The molecule has 0 atom stereocenters. The molecule has 0 amide bonds. The molecule has 0 unspecified atom stereocenters. The molecule has 0 aromatic heterocycles. The molecule has 36 heavy (non-hydrogen) atoms. The van der Waals surface area contributed by atoms with Gasteiger partial charge in [-0.1, -0.05) is 36.4 Å². The number of rotatable bonds is 2. The van der Waals surface area contributed by atoms with Gasteiger partial charge < -0.3 is 0 Å². The smallest absolute Gasteiger partial charge is 0.138 e. The fraction of sp³-hybridized carbons (Fsp3) is 0. The summed E-state index contributed by atoms with van der Waals surface area (Å²) in [5.41, 5.74) is 3.46. The van der Waals surface area contributed by atoms with Crippen molar-refractivity contribution < 1.29 is 8.78 Å². The highest BCUT2D eigenvalue weighted by Crippen LogP contribution is 2.50. The molecule has 0 aliphatic heterocycles. The summed E-state index contributed by atoms with van der Waals surface area (Å²) >= 11 is 0. The number of hydrogen-bond acceptors (Lipinski definition) is 4. The molecule has 0 spiro atoms. The van der Waals surface area contributed by atoms with Gasteiger partial charge in [-0.25, -0.2) is 8.78 Å². The second-order valence-electron chi connectivity index (χ2n) is 8.04. The van der Waals surface area contributed by atoms with Crippen LogP contribution in [-0.2, 0) is 0 Å². The van der Waals surface area contributed by atoms with Gasteiger partial charge in [-0.15, -0.1) is 0 Å². The zero-order valence-corrected chi connectivity index (χ0v) is 18.5. The van der Waals surface area contributed by atoms with Crippen molar-refractivity contribution in [2.45, 2.75) is 0 Å². The predicted octanol–water partition coefficient (Wildman–Crippen LogP) is 6.87. The quantitative estimate of drug-likeness (QED) is 0.265. The largest absolute Gasteiger partial charge is 0.206 e. The van der Waals surface area contributed by atoms with Crippen molar-refractivity contribution in [3.63, 3.8) is 0 Å². The van der Waals surface area contributed by atoms with Crippen LogP contribution in [0.25, 0.3) is 39.0 Å². The number of nitriles is 4. The van der Waals surface area contributed by atoms with Crippen LogP contribution in [0.5, 0.6) is 0 Å². The Hall–Kier alpha value is -5.56. The lowest BCUT2D eigenvalue weighted by atomic mass is 9.91. The van der Waals surface area contributed by atoms with Gasteiger partial charge in [0.1, 0.15) is 29.3 Å². The van der Waals surface area contributed by atoms with Crippen molar-refractivity contribution in [1.82, 2.24) is 0 Å². The zero-order chi connectivity index (χ0) is 25.4. The van der Waals surface area contributed by atoms with E-state index in [1.54, 1.807) is 48.5 Å². The van der Waals surface area contributed by atoms with Gasteiger partial charge in [0, 0.05) is 27.8 Å². The summed E-state index contributed by atoms with van der Waals surface area (Å²) < 4.78 is 29.3. The summed E-state index contributed by atoms with van der Waals surface area (Å²) in [6.45, 7) is 0. The first-order valence-corrected chi connectivity index (χ1v) is 10.7. The second kappa shape index (κ2) is 8.66. The van der Waals surface area contributed by atoms with Crippen LogP contribution in [-0.4, -0.2) is 0 Å². The van der Waals surface area contributed by atoms with E-state index < -0.39 is 11.6 Å². The van der Waals surface area contributed by atoms with Gasteiger partial charge in [-0.3, -0.25) is 0 Å². The van der Waals surface area contributed by atoms with Crippen LogP contribution in [0.4, 0.5) is 8.78 Å². The highest BCUT2D eigenvalue weighted by atomic mass is 19.1. The molecule has 0 saturated carbocycles. The summed E-state index contributed by atoms with van der Waals surface area (Å²) in [7, 11) is 0. The number of benzene rings is 4. The van der Waals surface area contributed by atoms with Gasteiger partial charge in [0.25, 0.3) is 0 Å². The molecular formula is C30H12F2N4. The van der Waals surface area contributed by atoms with Crippen LogP contribution >= 0.6 is 0 Å². The van der Waals surface area contributed by atoms with Crippen molar-refractivity contribution in [1.29, 1.82) is 21.0 Å². The van der Waals surface area contributed by atoms with E-state index in [1.807, 2.05) is 12.1 Å². The van der Waals surface area contributed by atoms with E-state index in [4.69, 9.17) is 0 Å². The lowest BCUT2D eigenvalue weighted by molar-refractivity contribution is 0.631. The lowest BCUT2D eigenvalue weighted by Gasteiger charge is -2.10. The molecule has 6 heteroatoms. The van der Waals surface area contributed by atoms with Crippen molar-refractivity contribution in [3.8, 4) is 57.7 Å². The Kier molecular flexibility index (Phi) is 5.35. The van der Waals surface area contributed by atoms with Gasteiger partial charge in [-0.05, 0) is 58.7 Å². The van der Waals surface area contributed by atoms with Crippen molar-refractivity contribution >= 4 is 5.57 Å². The third-order valence-electron chi connectivity index (χ3n) is 6.19. The second-order valence-corrected chi connectivity index (χ2v) is 8.04. The first-order valence-electron chi connectivity index (χ1n) is 10.7. The number of nitrogens with zero attached hydrogens (tertiary/aromatic N) is 4. The van der Waals surface area contributed by atoms with Gasteiger partial charge in [0.15, 0.2) is 0 Å². The third kappa shape index (κ3) is 3.31. The van der Waals surface area contributed by atoms with E-state index in [-0.39, 0.29) is 33.4 Å². The normalized spacial score (nSPS) is 10.9. The van der Waals surface area contributed by atoms with Crippen molar-refractivity contribution in [2.24, 2.45) is 0 Å². The highest BCUT2D eigenvalue weighted by Gasteiger charge is 2.30. The molecule has 4 aromatic rings. The molecule has 0 N–H and O–H groups in total. The predicted molar refractivity (Wildman–Crippen MR) is 129 cm³/mol. The zero-order valence-electron chi connectivity index (χ0n) is 18.5. The minimum Gasteiger partial charge on any atom is -0.206 e. The minimum atomic E-state index is -0.524. The van der Waals surface area contributed by atoms with Gasteiger partial charge in [0.05, 0.1) is 23.3 Å². The molecule has 0 saturated heterocycles. The fourth-order valence-corrected chi connectivity index (χ4v) is 4.60. The van der Waals surface area contributed by atoms with Crippen LogP contribution in [0.2, 0.25) is 0 Å². The minimum absolute atomic E-state index is 0.191. The molecule has 166 valence electrons. The summed E-state index contributed by atoms with van der Waals surface area (Å²) in [5.74, 6) is -1.05. The molecule has 1 aliphatic rings. The third-order valence-corrected chi connectivity index (χ3v) is 6.19. The van der Waals surface area contributed by atoms with Crippen LogP contribution < -0.4 is 0 Å². The molecule has 0 heterocycles. The fourth-order valence-electron chi connectivity index (χ4n) is 4.60. The van der Waals surface area contributed by atoms with Crippen LogP contribution in [0.15, 0.2) is 78.4 Å². The Morgan fingerprint density at radius 1 is 0.500 bits per heavy atom. The van der Waals surface area contributed by atoms with E-state index in [0.717, 1.165) is 0 Å². The first-order chi connectivity index (χ1) is 17.5. The van der Waals surface area contributed by atoms with E-state index >= 15 is 0 Å². The summed E-state index contributed by atoms with van der Waals surface area (Å²) in [6.07, 6.45) is 0. The Labute approximate surface area is 205 Å².